The summed E-state index contributed by atoms with van der Waals surface area (Å²) in [6.07, 6.45) is 24.6. The maximum atomic E-state index is 11.8. The molecule has 0 bridgehead atoms. The van der Waals surface area contributed by atoms with Crippen molar-refractivity contribution < 1.29 is 39.1 Å². The molecule has 2 heterocycles. The zero-order chi connectivity index (χ0) is 34.3. The summed E-state index contributed by atoms with van der Waals surface area (Å²) in [6.45, 7) is 5.50. The van der Waals surface area contributed by atoms with Crippen LogP contribution in [0.5, 0.6) is 0 Å². The molecule has 1 saturated heterocycles. The van der Waals surface area contributed by atoms with E-state index in [9.17, 15) is 24.9 Å². The number of hydrogen-bond acceptors (Lipinski definition) is 8. The number of hydrogen-bond donors (Lipinski definition) is 3. The largest absolute Gasteiger partial charge is 0.460 e. The fourth-order valence-corrected chi connectivity index (χ4v) is 7.07. The van der Waals surface area contributed by atoms with Crippen LogP contribution in [0.2, 0.25) is 0 Å². The van der Waals surface area contributed by atoms with Crippen LogP contribution < -0.4 is 0 Å². The van der Waals surface area contributed by atoms with Gasteiger partial charge < -0.3 is 29.5 Å². The minimum absolute atomic E-state index is 0.153. The number of esters is 2. The van der Waals surface area contributed by atoms with Crippen LogP contribution in [0.3, 0.4) is 0 Å². The van der Waals surface area contributed by atoms with Crippen molar-refractivity contribution >= 4 is 11.9 Å². The average molecular weight is 667 g/mol. The Balaban J connectivity index is 1.50. The van der Waals surface area contributed by atoms with E-state index < -0.39 is 18.3 Å². The van der Waals surface area contributed by atoms with E-state index in [0.717, 1.165) is 83.5 Å². The number of ether oxygens (including phenoxy) is 3. The molecule has 3 N–H and O–H groups in total. The maximum absolute atomic E-state index is 11.8. The molecular weight excluding hydrogens is 596 g/mol. The minimum atomic E-state index is -0.551. The van der Waals surface area contributed by atoms with Crippen LogP contribution in [0.4, 0.5) is 0 Å². The van der Waals surface area contributed by atoms with Gasteiger partial charge in [-0.1, -0.05) is 116 Å². The number of aliphatic hydroxyl groups is 3. The number of aliphatic hydroxyl groups excluding tert-OH is 3. The highest BCUT2D eigenvalue weighted by molar-refractivity contribution is 5.90. The van der Waals surface area contributed by atoms with Crippen molar-refractivity contribution in [3.63, 3.8) is 0 Å². The van der Waals surface area contributed by atoms with E-state index in [4.69, 9.17) is 14.2 Å². The fourth-order valence-electron chi connectivity index (χ4n) is 7.07. The molecule has 274 valence electrons. The fraction of sp³-hybridized carbons (Fsp3) is 0.897. The highest BCUT2D eigenvalue weighted by atomic mass is 16.6. The molecule has 8 nitrogen and oxygen atoms in total. The first-order chi connectivity index (χ1) is 22.7. The van der Waals surface area contributed by atoms with Crippen molar-refractivity contribution in [2.75, 3.05) is 0 Å². The van der Waals surface area contributed by atoms with Crippen LogP contribution in [0.15, 0.2) is 11.6 Å². The molecule has 2 aliphatic rings. The lowest BCUT2D eigenvalue weighted by atomic mass is 9.98. The molecule has 0 spiro atoms. The van der Waals surface area contributed by atoms with Crippen molar-refractivity contribution in [3.05, 3.63) is 11.6 Å². The van der Waals surface area contributed by atoms with E-state index in [1.807, 2.05) is 13.0 Å². The van der Waals surface area contributed by atoms with Crippen molar-refractivity contribution in [2.24, 2.45) is 0 Å². The van der Waals surface area contributed by atoms with Gasteiger partial charge in [0, 0.05) is 18.9 Å². The lowest BCUT2D eigenvalue weighted by Crippen LogP contribution is -2.36. The molecule has 0 unspecified atom stereocenters. The van der Waals surface area contributed by atoms with E-state index in [2.05, 4.69) is 6.92 Å². The van der Waals surface area contributed by atoms with E-state index in [1.165, 1.54) is 58.3 Å². The van der Waals surface area contributed by atoms with Crippen LogP contribution in [0.25, 0.3) is 0 Å². The summed E-state index contributed by atoms with van der Waals surface area (Å²) in [6, 6.07) is 0. The highest BCUT2D eigenvalue weighted by Crippen LogP contribution is 2.30. The second kappa shape index (κ2) is 25.5. The third-order valence-corrected chi connectivity index (χ3v) is 9.92. The molecule has 0 saturated carbocycles. The van der Waals surface area contributed by atoms with Gasteiger partial charge in [0.1, 0.15) is 12.2 Å². The molecule has 0 aromatic carbocycles. The van der Waals surface area contributed by atoms with Crippen LogP contribution in [0, 0.1) is 0 Å². The number of carbonyl (C=O) groups excluding carboxylic acids is 2. The van der Waals surface area contributed by atoms with Gasteiger partial charge in [-0.25, -0.2) is 4.79 Å². The zero-order valence-electron chi connectivity index (χ0n) is 30.2. The molecule has 2 rings (SSSR count). The summed E-state index contributed by atoms with van der Waals surface area (Å²) in [5.74, 6) is -0.610. The van der Waals surface area contributed by atoms with Crippen molar-refractivity contribution in [3.8, 4) is 0 Å². The van der Waals surface area contributed by atoms with Crippen molar-refractivity contribution in [2.45, 2.75) is 224 Å². The summed E-state index contributed by atoms with van der Waals surface area (Å²) in [5, 5.41) is 31.7. The molecule has 2 aliphatic heterocycles. The summed E-state index contributed by atoms with van der Waals surface area (Å²) in [7, 11) is 0. The van der Waals surface area contributed by atoms with Crippen LogP contribution in [0.1, 0.15) is 181 Å². The molecule has 0 radical (unpaired) electrons. The third kappa shape index (κ3) is 19.3. The lowest BCUT2D eigenvalue weighted by molar-refractivity contribution is -0.159. The Morgan fingerprint density at radius 2 is 1.28 bits per heavy atom. The molecule has 0 aromatic rings. The lowest BCUT2D eigenvalue weighted by Gasteiger charge is -2.27. The van der Waals surface area contributed by atoms with Crippen LogP contribution in [-0.2, 0) is 23.8 Å². The first kappa shape index (κ1) is 41.7. The summed E-state index contributed by atoms with van der Waals surface area (Å²) >= 11 is 0. The van der Waals surface area contributed by atoms with Gasteiger partial charge in [0.25, 0.3) is 0 Å². The van der Waals surface area contributed by atoms with Gasteiger partial charge in [-0.2, -0.15) is 0 Å². The Hall–Kier alpha value is -1.48. The average Bonchev–Trinajstić information content (AvgIpc) is 3.65. The highest BCUT2D eigenvalue weighted by Gasteiger charge is 2.37. The van der Waals surface area contributed by atoms with Gasteiger partial charge in [-0.05, 0) is 57.9 Å². The van der Waals surface area contributed by atoms with Crippen molar-refractivity contribution in [1.82, 2.24) is 0 Å². The van der Waals surface area contributed by atoms with Gasteiger partial charge in [-0.15, -0.1) is 0 Å². The number of rotatable bonds is 29. The maximum Gasteiger partial charge on any atom is 0.334 e. The Kier molecular flexibility index (Phi) is 22.6. The Labute approximate surface area is 286 Å². The van der Waals surface area contributed by atoms with Crippen LogP contribution in [-0.4, -0.2) is 70.0 Å². The zero-order valence-corrected chi connectivity index (χ0v) is 30.2. The third-order valence-electron chi connectivity index (χ3n) is 9.92. The molecule has 0 aliphatic carbocycles. The monoisotopic (exact) mass is 667 g/mol. The smallest absolute Gasteiger partial charge is 0.334 e. The quantitative estimate of drug-likeness (QED) is 0.0537. The SMILES string of the molecule is CCCCCCCCCCCC[C@@H](O)[C@@H]1CC[C@H]([C@@H](C[C@H](O)CCCCCCCCC[C@H](O)CCC2=C[C@H](C)OC2=O)OC(C)=O)O1. The summed E-state index contributed by atoms with van der Waals surface area (Å²) in [4.78, 5) is 23.5. The van der Waals surface area contributed by atoms with Gasteiger partial charge >= 0.3 is 11.9 Å². The van der Waals surface area contributed by atoms with Gasteiger partial charge in [0.2, 0.25) is 0 Å². The topological polar surface area (TPSA) is 123 Å². The van der Waals surface area contributed by atoms with Gasteiger partial charge in [0.05, 0.1) is 30.5 Å². The predicted molar refractivity (Wildman–Crippen MR) is 187 cm³/mol. The van der Waals surface area contributed by atoms with E-state index in [-0.39, 0.29) is 36.4 Å². The molecule has 0 aromatic heterocycles. The number of cyclic esters (lactones) is 1. The minimum Gasteiger partial charge on any atom is -0.460 e. The molecule has 1 fully saturated rings. The first-order valence-corrected chi connectivity index (χ1v) is 19.5. The Morgan fingerprint density at radius 1 is 0.766 bits per heavy atom. The van der Waals surface area contributed by atoms with Crippen LogP contribution >= 0.6 is 0 Å². The second-order valence-corrected chi connectivity index (χ2v) is 14.4. The summed E-state index contributed by atoms with van der Waals surface area (Å²) in [5.41, 5.74) is 0.689. The van der Waals surface area contributed by atoms with Gasteiger partial charge in [0.15, 0.2) is 0 Å². The Bertz CT molecular complexity index is 860. The first-order valence-electron chi connectivity index (χ1n) is 19.5. The number of carbonyl (C=O) groups is 2. The molecule has 7 atom stereocenters. The molecular formula is C39H70O8. The molecule has 8 heteroatoms. The number of unbranched alkanes of at least 4 members (excludes halogenated alkanes) is 15. The van der Waals surface area contributed by atoms with E-state index in [1.54, 1.807) is 0 Å². The molecule has 0 amide bonds. The second-order valence-electron chi connectivity index (χ2n) is 14.4. The summed E-state index contributed by atoms with van der Waals surface area (Å²) < 4.78 is 16.9. The predicted octanol–water partition coefficient (Wildman–Crippen LogP) is 8.41. The van der Waals surface area contributed by atoms with E-state index >= 15 is 0 Å². The van der Waals surface area contributed by atoms with Crippen molar-refractivity contribution in [1.29, 1.82) is 0 Å². The van der Waals surface area contributed by atoms with E-state index in [0.29, 0.717) is 31.3 Å². The standard InChI is InChI=1S/C39H70O8/c1-4-5-6-7-8-9-10-14-17-20-23-35(43)36-26-27-37(47-36)38(46-31(3)40)29-34(42)22-19-16-13-11-12-15-18-21-33(41)25-24-32-28-30(2)45-39(32)44/h28,30,33-38,41-43H,4-27,29H2,1-3H3/t30-,33-,34+,35+,36-,37+,38+/m0/s1. The van der Waals surface area contributed by atoms with Gasteiger partial charge in [-0.3, -0.25) is 4.79 Å². The molecule has 47 heavy (non-hydrogen) atoms. The Morgan fingerprint density at radius 3 is 1.81 bits per heavy atom. The normalized spacial score (nSPS) is 22.1.